The summed E-state index contributed by atoms with van der Waals surface area (Å²) in [6.07, 6.45) is 7.39. The highest BCUT2D eigenvalue weighted by Crippen LogP contribution is 2.45. The van der Waals surface area contributed by atoms with Crippen molar-refractivity contribution in [1.82, 2.24) is 15.1 Å². The number of likely N-dealkylation sites (N-methyl/N-ethyl adjacent to an activating group) is 1. The fourth-order valence-electron chi connectivity index (χ4n) is 4.17. The molecule has 4 heteroatoms. The first-order chi connectivity index (χ1) is 10.0. The van der Waals surface area contributed by atoms with E-state index in [0.29, 0.717) is 6.04 Å². The van der Waals surface area contributed by atoms with Gasteiger partial charge in [0.05, 0.1) is 11.3 Å². The second kappa shape index (κ2) is 5.73. The monoisotopic (exact) mass is 291 g/mol. The average molecular weight is 291 g/mol. The van der Waals surface area contributed by atoms with E-state index in [-0.39, 0.29) is 5.60 Å². The summed E-state index contributed by atoms with van der Waals surface area (Å²) in [7, 11) is 4.15. The topological polar surface area (TPSA) is 39.1 Å². The fraction of sp³-hybridized carbons (Fsp3) is 0.824. The number of aromatic nitrogens is 2. The fourth-order valence-corrected chi connectivity index (χ4v) is 4.17. The lowest BCUT2D eigenvalue weighted by atomic mass is 9.70. The highest BCUT2D eigenvalue weighted by Gasteiger charge is 2.44. The lowest BCUT2D eigenvalue weighted by Crippen LogP contribution is -2.50. The van der Waals surface area contributed by atoms with E-state index in [1.807, 2.05) is 11.7 Å². The molecule has 118 valence electrons. The van der Waals surface area contributed by atoms with Gasteiger partial charge >= 0.3 is 0 Å². The Balaban J connectivity index is 1.72. The maximum atomic E-state index is 6.08. The molecule has 1 aliphatic heterocycles. The van der Waals surface area contributed by atoms with Crippen LogP contribution < -0.4 is 5.32 Å². The van der Waals surface area contributed by atoms with Crippen molar-refractivity contribution in [3.05, 3.63) is 17.0 Å². The molecule has 1 saturated carbocycles. The Morgan fingerprint density at radius 3 is 2.71 bits per heavy atom. The number of hydrogen-bond acceptors (Lipinski definition) is 3. The van der Waals surface area contributed by atoms with Crippen molar-refractivity contribution in [2.75, 3.05) is 13.7 Å². The molecule has 1 aromatic rings. The summed E-state index contributed by atoms with van der Waals surface area (Å²) in [5.41, 5.74) is 4.14. The Labute approximate surface area is 128 Å². The van der Waals surface area contributed by atoms with Crippen LogP contribution in [0, 0.1) is 19.8 Å². The van der Waals surface area contributed by atoms with E-state index in [1.54, 1.807) is 0 Å². The first-order valence-electron chi connectivity index (χ1n) is 8.35. The van der Waals surface area contributed by atoms with Crippen molar-refractivity contribution in [2.24, 2.45) is 13.0 Å². The Kier molecular flexibility index (Phi) is 4.10. The predicted octanol–water partition coefficient (Wildman–Crippen LogP) is 2.52. The zero-order valence-electron chi connectivity index (χ0n) is 13.9. The van der Waals surface area contributed by atoms with Crippen molar-refractivity contribution in [1.29, 1.82) is 0 Å². The van der Waals surface area contributed by atoms with Crippen LogP contribution in [0.5, 0.6) is 0 Å². The van der Waals surface area contributed by atoms with E-state index >= 15 is 0 Å². The van der Waals surface area contributed by atoms with Crippen molar-refractivity contribution < 1.29 is 4.74 Å². The van der Waals surface area contributed by atoms with Crippen LogP contribution in [0.15, 0.2) is 0 Å². The third-order valence-corrected chi connectivity index (χ3v) is 5.82. The van der Waals surface area contributed by atoms with Gasteiger partial charge in [-0.1, -0.05) is 0 Å². The molecule has 2 atom stereocenters. The van der Waals surface area contributed by atoms with Gasteiger partial charge in [-0.2, -0.15) is 5.10 Å². The zero-order valence-corrected chi connectivity index (χ0v) is 13.9. The zero-order chi connectivity index (χ0) is 15.0. The first-order valence-corrected chi connectivity index (χ1v) is 8.35. The summed E-state index contributed by atoms with van der Waals surface area (Å²) in [4.78, 5) is 0. The maximum Gasteiger partial charge on any atom is 0.0685 e. The van der Waals surface area contributed by atoms with Crippen LogP contribution in [-0.4, -0.2) is 35.1 Å². The van der Waals surface area contributed by atoms with Crippen LogP contribution in [0.3, 0.4) is 0 Å². The number of rotatable bonds is 4. The Bertz CT molecular complexity index is 504. The molecule has 0 radical (unpaired) electrons. The molecule has 1 aliphatic carbocycles. The lowest BCUT2D eigenvalue weighted by Gasteiger charge is -2.48. The molecule has 2 fully saturated rings. The molecule has 0 bridgehead atoms. The summed E-state index contributed by atoms with van der Waals surface area (Å²) in [6, 6.07) is 0.535. The van der Waals surface area contributed by atoms with E-state index < -0.39 is 0 Å². The Morgan fingerprint density at radius 1 is 1.43 bits per heavy atom. The van der Waals surface area contributed by atoms with E-state index in [2.05, 4.69) is 31.3 Å². The number of hydrogen-bond donors (Lipinski definition) is 1. The third-order valence-electron chi connectivity index (χ3n) is 5.82. The van der Waals surface area contributed by atoms with Gasteiger partial charge < -0.3 is 10.1 Å². The van der Waals surface area contributed by atoms with Crippen LogP contribution >= 0.6 is 0 Å². The van der Waals surface area contributed by atoms with Crippen LogP contribution in [0.2, 0.25) is 0 Å². The summed E-state index contributed by atoms with van der Waals surface area (Å²) in [5.74, 6) is 0.725. The lowest BCUT2D eigenvalue weighted by molar-refractivity contribution is -0.146. The van der Waals surface area contributed by atoms with Crippen molar-refractivity contribution in [3.8, 4) is 0 Å². The van der Waals surface area contributed by atoms with Crippen LogP contribution in [0.1, 0.15) is 49.1 Å². The van der Waals surface area contributed by atoms with Gasteiger partial charge in [0.25, 0.3) is 0 Å². The van der Waals surface area contributed by atoms with Gasteiger partial charge in [0.2, 0.25) is 0 Å². The van der Waals surface area contributed by atoms with Gasteiger partial charge in [0, 0.05) is 25.4 Å². The van der Waals surface area contributed by atoms with Crippen LogP contribution in [0.25, 0.3) is 0 Å². The number of nitrogens with one attached hydrogen (secondary N) is 1. The van der Waals surface area contributed by atoms with E-state index in [4.69, 9.17) is 4.74 Å². The summed E-state index contributed by atoms with van der Waals surface area (Å²) >= 11 is 0. The molecule has 1 spiro atoms. The molecule has 3 rings (SSSR count). The summed E-state index contributed by atoms with van der Waals surface area (Å²) < 4.78 is 8.09. The summed E-state index contributed by atoms with van der Waals surface area (Å²) in [5, 5.41) is 8.14. The molecule has 21 heavy (non-hydrogen) atoms. The molecule has 2 unspecified atom stereocenters. The number of ether oxygens (including phenoxy) is 1. The molecular weight excluding hydrogens is 262 g/mol. The highest BCUT2D eigenvalue weighted by molar-refractivity contribution is 5.25. The quantitative estimate of drug-likeness (QED) is 0.926. The minimum absolute atomic E-state index is 0.233. The van der Waals surface area contributed by atoms with E-state index in [0.717, 1.165) is 18.9 Å². The van der Waals surface area contributed by atoms with Gasteiger partial charge in [-0.25, -0.2) is 0 Å². The molecule has 1 aromatic heterocycles. The molecular formula is C17H29N3O. The maximum absolute atomic E-state index is 6.08. The molecule has 0 amide bonds. The number of aryl methyl sites for hydroxylation is 2. The third kappa shape index (κ3) is 2.76. The molecule has 2 heterocycles. The van der Waals surface area contributed by atoms with Crippen molar-refractivity contribution >= 4 is 0 Å². The molecule has 1 N–H and O–H groups in total. The molecule has 4 nitrogen and oxygen atoms in total. The molecule has 2 aliphatic rings. The average Bonchev–Trinajstić information content (AvgIpc) is 2.68. The molecule has 1 saturated heterocycles. The second-order valence-corrected chi connectivity index (χ2v) is 7.01. The van der Waals surface area contributed by atoms with Crippen molar-refractivity contribution in [3.63, 3.8) is 0 Å². The van der Waals surface area contributed by atoms with E-state index in [1.165, 1.54) is 49.1 Å². The minimum atomic E-state index is 0.233. The molecule has 0 aromatic carbocycles. The van der Waals surface area contributed by atoms with E-state index in [9.17, 15) is 0 Å². The first kappa shape index (κ1) is 15.0. The Hall–Kier alpha value is -0.870. The normalized spacial score (nSPS) is 25.8. The van der Waals surface area contributed by atoms with Crippen LogP contribution in [-0.2, 0) is 18.2 Å². The standard InChI is InChI=1S/C17H29N3O/c1-12-15(13(2)20(4)19-12)10-16(18-3)14-6-9-21-17(11-14)7-5-8-17/h14,16,18H,5-11H2,1-4H3. The highest BCUT2D eigenvalue weighted by atomic mass is 16.5. The SMILES string of the molecule is CNC(Cc1c(C)nn(C)c1C)C1CCOC2(CCC2)C1. The summed E-state index contributed by atoms with van der Waals surface area (Å²) in [6.45, 7) is 5.25. The van der Waals surface area contributed by atoms with Gasteiger partial charge in [0.1, 0.15) is 0 Å². The van der Waals surface area contributed by atoms with Gasteiger partial charge in [-0.3, -0.25) is 4.68 Å². The smallest absolute Gasteiger partial charge is 0.0685 e. The largest absolute Gasteiger partial charge is 0.375 e. The van der Waals surface area contributed by atoms with Gasteiger partial charge in [0.15, 0.2) is 0 Å². The van der Waals surface area contributed by atoms with Crippen LogP contribution in [0.4, 0.5) is 0 Å². The second-order valence-electron chi connectivity index (χ2n) is 7.01. The van der Waals surface area contributed by atoms with Gasteiger partial charge in [-0.15, -0.1) is 0 Å². The van der Waals surface area contributed by atoms with Crippen molar-refractivity contribution in [2.45, 2.75) is 64.0 Å². The predicted molar refractivity (Wildman–Crippen MR) is 84.5 cm³/mol. The minimum Gasteiger partial charge on any atom is -0.375 e. The Morgan fingerprint density at radius 2 is 2.19 bits per heavy atom. The van der Waals surface area contributed by atoms with Gasteiger partial charge in [-0.05, 0) is 70.9 Å². The number of nitrogens with zero attached hydrogens (tertiary/aromatic N) is 2.